The van der Waals surface area contributed by atoms with E-state index in [2.05, 4.69) is 4.90 Å². The molecular weight excluding hydrogens is 319 g/mol. The van der Waals surface area contributed by atoms with E-state index in [1.807, 2.05) is 17.9 Å². The summed E-state index contributed by atoms with van der Waals surface area (Å²) in [6.45, 7) is 4.76. The third-order valence-corrected chi connectivity index (χ3v) is 4.75. The van der Waals surface area contributed by atoms with E-state index < -0.39 is 0 Å². The maximum Gasteiger partial charge on any atom is 0.227 e. The Morgan fingerprint density at radius 1 is 1.24 bits per heavy atom. The van der Waals surface area contributed by atoms with Crippen molar-refractivity contribution in [1.82, 2.24) is 4.90 Å². The van der Waals surface area contributed by atoms with Gasteiger partial charge in [0.15, 0.2) is 0 Å². The SMILES string of the molecule is CCCC(=O)N(c1ccc(F)cc1)C1CCN(Cc2ccoc2)CC1. The van der Waals surface area contributed by atoms with Gasteiger partial charge in [0.2, 0.25) is 5.91 Å². The molecule has 4 nitrogen and oxygen atoms in total. The number of nitrogens with zero attached hydrogens (tertiary/aromatic N) is 2. The maximum atomic E-state index is 13.3. The summed E-state index contributed by atoms with van der Waals surface area (Å²) < 4.78 is 18.4. The lowest BCUT2D eigenvalue weighted by Gasteiger charge is -2.38. The summed E-state index contributed by atoms with van der Waals surface area (Å²) in [5, 5.41) is 0. The van der Waals surface area contributed by atoms with Crippen LogP contribution in [0.1, 0.15) is 38.2 Å². The van der Waals surface area contributed by atoms with Crippen LogP contribution in [0.25, 0.3) is 0 Å². The minimum absolute atomic E-state index is 0.127. The Bertz CT molecular complexity index is 662. The second-order valence-corrected chi connectivity index (χ2v) is 6.63. The zero-order chi connectivity index (χ0) is 17.6. The van der Waals surface area contributed by atoms with Crippen LogP contribution in [-0.2, 0) is 11.3 Å². The Labute approximate surface area is 148 Å². The first-order valence-electron chi connectivity index (χ1n) is 8.98. The summed E-state index contributed by atoms with van der Waals surface area (Å²) >= 11 is 0. The fourth-order valence-electron chi connectivity index (χ4n) is 3.47. The minimum Gasteiger partial charge on any atom is -0.472 e. The number of carbonyl (C=O) groups is 1. The van der Waals surface area contributed by atoms with E-state index in [9.17, 15) is 9.18 Å². The molecular formula is C20H25FN2O2. The first-order valence-corrected chi connectivity index (χ1v) is 8.98. The minimum atomic E-state index is -0.276. The number of piperidine rings is 1. The summed E-state index contributed by atoms with van der Waals surface area (Å²) in [5.74, 6) is -0.149. The Balaban J connectivity index is 1.67. The van der Waals surface area contributed by atoms with Gasteiger partial charge in [-0.05, 0) is 49.6 Å². The molecule has 0 unspecified atom stereocenters. The van der Waals surface area contributed by atoms with Crippen LogP contribution in [0.2, 0.25) is 0 Å². The first-order chi connectivity index (χ1) is 12.2. The van der Waals surface area contributed by atoms with Crippen molar-refractivity contribution in [3.63, 3.8) is 0 Å². The van der Waals surface area contributed by atoms with E-state index in [4.69, 9.17) is 4.42 Å². The molecule has 25 heavy (non-hydrogen) atoms. The van der Waals surface area contributed by atoms with Crippen molar-refractivity contribution in [3.8, 4) is 0 Å². The van der Waals surface area contributed by atoms with E-state index in [0.29, 0.717) is 6.42 Å². The van der Waals surface area contributed by atoms with Gasteiger partial charge >= 0.3 is 0 Å². The molecule has 1 aromatic carbocycles. The summed E-state index contributed by atoms with van der Waals surface area (Å²) in [6, 6.07) is 8.43. The van der Waals surface area contributed by atoms with Crippen molar-refractivity contribution in [1.29, 1.82) is 0 Å². The number of likely N-dealkylation sites (tertiary alicyclic amines) is 1. The highest BCUT2D eigenvalue weighted by Gasteiger charge is 2.28. The Kier molecular flexibility index (Phi) is 5.87. The molecule has 3 rings (SSSR count). The van der Waals surface area contributed by atoms with Gasteiger partial charge in [-0.3, -0.25) is 9.69 Å². The van der Waals surface area contributed by atoms with Crippen molar-refractivity contribution in [2.75, 3.05) is 18.0 Å². The zero-order valence-electron chi connectivity index (χ0n) is 14.7. The van der Waals surface area contributed by atoms with Crippen LogP contribution in [0, 0.1) is 5.82 Å². The quantitative estimate of drug-likeness (QED) is 0.787. The van der Waals surface area contributed by atoms with Crippen molar-refractivity contribution in [3.05, 3.63) is 54.2 Å². The van der Waals surface area contributed by atoms with Crippen molar-refractivity contribution in [2.45, 2.75) is 45.2 Å². The highest BCUT2D eigenvalue weighted by atomic mass is 19.1. The smallest absolute Gasteiger partial charge is 0.227 e. The molecule has 0 radical (unpaired) electrons. The third kappa shape index (κ3) is 4.48. The van der Waals surface area contributed by atoms with E-state index in [1.165, 1.54) is 17.7 Å². The van der Waals surface area contributed by atoms with Crippen molar-refractivity contribution in [2.24, 2.45) is 0 Å². The molecule has 0 spiro atoms. The van der Waals surface area contributed by atoms with Gasteiger partial charge in [0.1, 0.15) is 5.82 Å². The Morgan fingerprint density at radius 2 is 1.96 bits per heavy atom. The van der Waals surface area contributed by atoms with Crippen molar-refractivity contribution < 1.29 is 13.6 Å². The van der Waals surface area contributed by atoms with Gasteiger partial charge < -0.3 is 9.32 Å². The monoisotopic (exact) mass is 344 g/mol. The lowest BCUT2D eigenvalue weighted by Crippen LogP contribution is -2.47. The standard InChI is InChI=1S/C20H25FN2O2/c1-2-3-20(24)23(18-6-4-17(21)5-7-18)19-8-11-22(12-9-19)14-16-10-13-25-15-16/h4-7,10,13,15,19H,2-3,8-9,11-12,14H2,1H3. The number of hydrogen-bond donors (Lipinski definition) is 0. The second-order valence-electron chi connectivity index (χ2n) is 6.63. The largest absolute Gasteiger partial charge is 0.472 e. The van der Waals surface area contributed by atoms with Gasteiger partial charge in [-0.15, -0.1) is 0 Å². The van der Waals surface area contributed by atoms with E-state index in [0.717, 1.165) is 44.6 Å². The normalized spacial score (nSPS) is 16.1. The fraction of sp³-hybridized carbons (Fsp3) is 0.450. The Morgan fingerprint density at radius 3 is 2.56 bits per heavy atom. The van der Waals surface area contributed by atoms with Crippen LogP contribution in [0.15, 0.2) is 47.3 Å². The topological polar surface area (TPSA) is 36.7 Å². The molecule has 1 fully saturated rings. The molecule has 1 aliphatic heterocycles. The van der Waals surface area contributed by atoms with Gasteiger partial charge in [-0.25, -0.2) is 4.39 Å². The summed E-state index contributed by atoms with van der Waals surface area (Å²) in [7, 11) is 0. The van der Waals surface area contributed by atoms with Crippen LogP contribution in [0.3, 0.4) is 0 Å². The summed E-state index contributed by atoms with van der Waals surface area (Å²) in [4.78, 5) is 16.9. The van der Waals surface area contributed by atoms with Crippen LogP contribution < -0.4 is 4.90 Å². The maximum absolute atomic E-state index is 13.3. The van der Waals surface area contributed by atoms with Gasteiger partial charge in [0.25, 0.3) is 0 Å². The van der Waals surface area contributed by atoms with Gasteiger partial charge in [0.05, 0.1) is 12.5 Å². The number of hydrogen-bond acceptors (Lipinski definition) is 3. The molecule has 1 aromatic heterocycles. The summed E-state index contributed by atoms with van der Waals surface area (Å²) in [5.41, 5.74) is 1.98. The number of anilines is 1. The molecule has 2 heterocycles. The molecule has 1 amide bonds. The lowest BCUT2D eigenvalue weighted by molar-refractivity contribution is -0.119. The Hall–Kier alpha value is -2.14. The first kappa shape index (κ1) is 17.7. The lowest BCUT2D eigenvalue weighted by atomic mass is 10.0. The predicted octanol–water partition coefficient (Wildman–Crippen LogP) is 4.22. The average molecular weight is 344 g/mol. The molecule has 1 aliphatic rings. The van der Waals surface area contributed by atoms with Gasteiger partial charge in [-0.2, -0.15) is 0 Å². The van der Waals surface area contributed by atoms with Gasteiger partial charge in [-0.1, -0.05) is 6.92 Å². The average Bonchev–Trinajstić information content (AvgIpc) is 3.12. The number of carbonyl (C=O) groups excluding carboxylic acids is 1. The number of rotatable bonds is 6. The second kappa shape index (κ2) is 8.30. The predicted molar refractivity (Wildman–Crippen MR) is 95.8 cm³/mol. The van der Waals surface area contributed by atoms with E-state index in [1.54, 1.807) is 24.7 Å². The molecule has 5 heteroatoms. The number of amides is 1. The zero-order valence-corrected chi connectivity index (χ0v) is 14.7. The molecule has 1 saturated heterocycles. The van der Waals surface area contributed by atoms with Crippen LogP contribution in [0.5, 0.6) is 0 Å². The summed E-state index contributed by atoms with van der Waals surface area (Å²) in [6.07, 6.45) is 6.65. The number of halogens is 1. The molecule has 0 bridgehead atoms. The van der Waals surface area contributed by atoms with E-state index in [-0.39, 0.29) is 17.8 Å². The molecule has 0 atom stereocenters. The van der Waals surface area contributed by atoms with E-state index >= 15 is 0 Å². The third-order valence-electron chi connectivity index (χ3n) is 4.75. The molecule has 0 saturated carbocycles. The number of furan rings is 1. The molecule has 0 N–H and O–H groups in total. The van der Waals surface area contributed by atoms with Crippen LogP contribution >= 0.6 is 0 Å². The molecule has 0 aliphatic carbocycles. The molecule has 134 valence electrons. The number of benzene rings is 1. The molecule has 2 aromatic rings. The van der Waals surface area contributed by atoms with Crippen LogP contribution in [0.4, 0.5) is 10.1 Å². The van der Waals surface area contributed by atoms with Gasteiger partial charge in [0, 0.05) is 43.3 Å². The van der Waals surface area contributed by atoms with Crippen LogP contribution in [-0.4, -0.2) is 29.9 Å². The highest BCUT2D eigenvalue weighted by Crippen LogP contribution is 2.26. The van der Waals surface area contributed by atoms with Crippen molar-refractivity contribution >= 4 is 11.6 Å². The fourth-order valence-corrected chi connectivity index (χ4v) is 3.47. The highest BCUT2D eigenvalue weighted by molar-refractivity contribution is 5.93.